The van der Waals surface area contributed by atoms with Crippen LogP contribution in [0.2, 0.25) is 0 Å². The van der Waals surface area contributed by atoms with Crippen LogP contribution < -0.4 is 0 Å². The van der Waals surface area contributed by atoms with E-state index in [1.54, 1.807) is 24.3 Å². The Labute approximate surface area is 148 Å². The van der Waals surface area contributed by atoms with Crippen LogP contribution in [0.3, 0.4) is 0 Å². The molecule has 0 radical (unpaired) electrons. The summed E-state index contributed by atoms with van der Waals surface area (Å²) in [6, 6.07) is 13.2. The quantitative estimate of drug-likeness (QED) is 0.920. The van der Waals surface area contributed by atoms with Crippen LogP contribution in [0.25, 0.3) is 0 Å². The number of rotatable bonds is 4. The molecule has 0 bridgehead atoms. The maximum atomic E-state index is 12.9. The number of benzene rings is 2. The van der Waals surface area contributed by atoms with Crippen molar-refractivity contribution in [1.29, 1.82) is 0 Å². The van der Waals surface area contributed by atoms with E-state index in [1.165, 1.54) is 16.7 Å². The molecule has 3 rings (SSSR count). The second kappa shape index (κ2) is 7.09. The molecule has 1 heterocycles. The summed E-state index contributed by atoms with van der Waals surface area (Å²) in [6.07, 6.45) is 2.06. The number of nitrogens with zero attached hydrogens (tertiary/aromatic N) is 1. The number of carboxylic acid groups (broad SMARTS) is 1. The van der Waals surface area contributed by atoms with Crippen LogP contribution in [-0.4, -0.2) is 28.4 Å². The fourth-order valence-corrected chi connectivity index (χ4v) is 3.66. The molecule has 0 spiro atoms. The molecule has 1 saturated heterocycles. The normalized spacial score (nSPS) is 16.9. The molecule has 0 saturated carbocycles. The first-order valence-electron chi connectivity index (χ1n) is 8.65. The molecule has 1 atom stereocenters. The van der Waals surface area contributed by atoms with Crippen molar-refractivity contribution < 1.29 is 14.7 Å². The Bertz CT molecular complexity index is 813. The summed E-state index contributed by atoms with van der Waals surface area (Å²) in [4.78, 5) is 26.2. The van der Waals surface area contributed by atoms with Crippen molar-refractivity contribution >= 4 is 11.9 Å². The number of carbonyl (C=O) groups is 2. The first-order chi connectivity index (χ1) is 12.0. The van der Waals surface area contributed by atoms with E-state index in [0.29, 0.717) is 5.56 Å². The number of carboxylic acids is 1. The van der Waals surface area contributed by atoms with Crippen LogP contribution >= 0.6 is 0 Å². The zero-order valence-electron chi connectivity index (χ0n) is 14.7. The van der Waals surface area contributed by atoms with Gasteiger partial charge in [0.1, 0.15) is 0 Å². The zero-order chi connectivity index (χ0) is 18.0. The SMILES string of the molecule is Cc1ccc(C)c(C2CCCN2C(=O)Cc2ccccc2C(=O)O)c1. The molecule has 25 heavy (non-hydrogen) atoms. The van der Waals surface area contributed by atoms with Crippen molar-refractivity contribution in [3.63, 3.8) is 0 Å². The third-order valence-electron chi connectivity index (χ3n) is 4.96. The third-order valence-corrected chi connectivity index (χ3v) is 4.96. The Morgan fingerprint density at radius 3 is 2.68 bits per heavy atom. The van der Waals surface area contributed by atoms with E-state index in [9.17, 15) is 14.7 Å². The Hall–Kier alpha value is -2.62. The van der Waals surface area contributed by atoms with Gasteiger partial charge in [-0.05, 0) is 49.4 Å². The van der Waals surface area contributed by atoms with E-state index in [-0.39, 0.29) is 23.9 Å². The van der Waals surface area contributed by atoms with Crippen LogP contribution in [0.15, 0.2) is 42.5 Å². The van der Waals surface area contributed by atoms with Gasteiger partial charge in [-0.1, -0.05) is 42.0 Å². The largest absolute Gasteiger partial charge is 0.478 e. The lowest BCUT2D eigenvalue weighted by atomic mass is 9.96. The van der Waals surface area contributed by atoms with E-state index in [4.69, 9.17) is 0 Å². The van der Waals surface area contributed by atoms with Gasteiger partial charge in [0.2, 0.25) is 5.91 Å². The summed E-state index contributed by atoms with van der Waals surface area (Å²) in [5.74, 6) is -0.993. The van der Waals surface area contributed by atoms with Crippen molar-refractivity contribution in [1.82, 2.24) is 4.90 Å². The van der Waals surface area contributed by atoms with Crippen molar-refractivity contribution in [2.45, 2.75) is 39.2 Å². The van der Waals surface area contributed by atoms with Crippen LogP contribution in [0.5, 0.6) is 0 Å². The minimum atomic E-state index is -0.990. The van der Waals surface area contributed by atoms with Gasteiger partial charge in [0.15, 0.2) is 0 Å². The highest BCUT2D eigenvalue weighted by atomic mass is 16.4. The summed E-state index contributed by atoms with van der Waals surface area (Å²) in [5.41, 5.74) is 4.37. The molecule has 1 amide bonds. The summed E-state index contributed by atoms with van der Waals surface area (Å²) < 4.78 is 0. The summed E-state index contributed by atoms with van der Waals surface area (Å²) >= 11 is 0. The van der Waals surface area contributed by atoms with Gasteiger partial charge in [0, 0.05) is 6.54 Å². The average molecular weight is 337 g/mol. The smallest absolute Gasteiger partial charge is 0.335 e. The van der Waals surface area contributed by atoms with E-state index in [0.717, 1.165) is 19.4 Å². The number of amides is 1. The molecular formula is C21H23NO3. The molecular weight excluding hydrogens is 314 g/mol. The Kier molecular flexibility index (Phi) is 4.88. The maximum absolute atomic E-state index is 12.9. The van der Waals surface area contributed by atoms with Gasteiger partial charge < -0.3 is 10.0 Å². The van der Waals surface area contributed by atoms with Gasteiger partial charge in [-0.2, -0.15) is 0 Å². The number of aryl methyl sites for hydroxylation is 2. The molecule has 4 heteroatoms. The fourth-order valence-electron chi connectivity index (χ4n) is 3.66. The highest BCUT2D eigenvalue weighted by Gasteiger charge is 2.31. The average Bonchev–Trinajstić information content (AvgIpc) is 3.07. The first-order valence-corrected chi connectivity index (χ1v) is 8.65. The van der Waals surface area contributed by atoms with Gasteiger partial charge in [0.25, 0.3) is 0 Å². The van der Waals surface area contributed by atoms with E-state index in [1.807, 2.05) is 4.90 Å². The summed E-state index contributed by atoms with van der Waals surface area (Å²) in [6.45, 7) is 4.87. The minimum absolute atomic E-state index is 0.00268. The number of carbonyl (C=O) groups excluding carboxylic acids is 1. The summed E-state index contributed by atoms with van der Waals surface area (Å²) in [5, 5.41) is 9.32. The van der Waals surface area contributed by atoms with Crippen molar-refractivity contribution in [2.24, 2.45) is 0 Å². The predicted octanol–water partition coefficient (Wildman–Crippen LogP) is 3.91. The lowest BCUT2D eigenvalue weighted by Crippen LogP contribution is -2.32. The molecule has 0 aliphatic carbocycles. The monoisotopic (exact) mass is 337 g/mol. The lowest BCUT2D eigenvalue weighted by Gasteiger charge is -2.27. The molecule has 1 N–H and O–H groups in total. The third kappa shape index (κ3) is 3.58. The van der Waals surface area contributed by atoms with Gasteiger partial charge in [-0.3, -0.25) is 4.79 Å². The standard InChI is InChI=1S/C21H23NO3/c1-14-9-10-15(2)18(12-14)19-8-5-11-22(19)20(23)13-16-6-3-4-7-17(16)21(24)25/h3-4,6-7,9-10,12,19H,5,8,11,13H2,1-2H3,(H,24,25). The van der Waals surface area contributed by atoms with E-state index < -0.39 is 5.97 Å². The van der Waals surface area contributed by atoms with Gasteiger partial charge in [-0.15, -0.1) is 0 Å². The van der Waals surface area contributed by atoms with Gasteiger partial charge in [0.05, 0.1) is 18.0 Å². The molecule has 1 aliphatic heterocycles. The lowest BCUT2D eigenvalue weighted by molar-refractivity contribution is -0.131. The Morgan fingerprint density at radius 2 is 1.92 bits per heavy atom. The minimum Gasteiger partial charge on any atom is -0.478 e. The Balaban J connectivity index is 1.84. The predicted molar refractivity (Wildman–Crippen MR) is 96.7 cm³/mol. The van der Waals surface area contributed by atoms with Crippen LogP contribution in [0.4, 0.5) is 0 Å². The van der Waals surface area contributed by atoms with Gasteiger partial charge >= 0.3 is 5.97 Å². The molecule has 4 nitrogen and oxygen atoms in total. The molecule has 2 aromatic rings. The topological polar surface area (TPSA) is 57.6 Å². The number of hydrogen-bond donors (Lipinski definition) is 1. The molecule has 130 valence electrons. The second-order valence-corrected chi connectivity index (χ2v) is 6.74. The molecule has 1 aliphatic rings. The second-order valence-electron chi connectivity index (χ2n) is 6.74. The highest BCUT2D eigenvalue weighted by molar-refractivity contribution is 5.91. The van der Waals surface area contributed by atoms with Crippen molar-refractivity contribution in [3.05, 3.63) is 70.3 Å². The van der Waals surface area contributed by atoms with E-state index in [2.05, 4.69) is 32.0 Å². The first kappa shape index (κ1) is 17.2. The highest BCUT2D eigenvalue weighted by Crippen LogP contribution is 2.34. The van der Waals surface area contributed by atoms with Crippen molar-refractivity contribution in [2.75, 3.05) is 6.54 Å². The Morgan fingerprint density at radius 1 is 1.16 bits per heavy atom. The molecule has 2 aromatic carbocycles. The van der Waals surface area contributed by atoms with Crippen molar-refractivity contribution in [3.8, 4) is 0 Å². The number of aromatic carboxylic acids is 1. The van der Waals surface area contributed by atoms with Gasteiger partial charge in [-0.25, -0.2) is 4.79 Å². The number of likely N-dealkylation sites (tertiary alicyclic amines) is 1. The fraction of sp³-hybridized carbons (Fsp3) is 0.333. The van der Waals surface area contributed by atoms with Crippen LogP contribution in [-0.2, 0) is 11.2 Å². The number of hydrogen-bond acceptors (Lipinski definition) is 2. The summed E-state index contributed by atoms with van der Waals surface area (Å²) in [7, 11) is 0. The zero-order valence-corrected chi connectivity index (χ0v) is 14.7. The van der Waals surface area contributed by atoms with Crippen LogP contribution in [0, 0.1) is 13.8 Å². The van der Waals surface area contributed by atoms with E-state index >= 15 is 0 Å². The molecule has 0 aromatic heterocycles. The molecule has 1 unspecified atom stereocenters. The molecule has 1 fully saturated rings. The maximum Gasteiger partial charge on any atom is 0.335 e. The van der Waals surface area contributed by atoms with Crippen LogP contribution in [0.1, 0.15) is 51.5 Å².